The monoisotopic (exact) mass is 249 g/mol. The molecule has 1 amide bonds. The van der Waals surface area contributed by atoms with Crippen molar-refractivity contribution < 1.29 is 14.3 Å². The van der Waals surface area contributed by atoms with E-state index >= 15 is 0 Å². The Labute approximate surface area is 102 Å². The molecule has 0 aromatic heterocycles. The van der Waals surface area contributed by atoms with Crippen LogP contribution in [0.5, 0.6) is 0 Å². The predicted molar refractivity (Wildman–Crippen MR) is 63.4 cm³/mol. The highest BCUT2D eigenvalue weighted by Gasteiger charge is 2.22. The highest BCUT2D eigenvalue weighted by Crippen LogP contribution is 2.07. The molecule has 0 spiro atoms. The molecule has 4 nitrogen and oxygen atoms in total. The van der Waals surface area contributed by atoms with Gasteiger partial charge in [0, 0.05) is 12.3 Å². The van der Waals surface area contributed by atoms with E-state index in [0.29, 0.717) is 18.9 Å². The van der Waals surface area contributed by atoms with Crippen molar-refractivity contribution in [3.05, 3.63) is 0 Å². The topological polar surface area (TPSA) is 55.4 Å². The number of ether oxygens (including phenoxy) is 1. The second-order valence-corrected chi connectivity index (χ2v) is 4.32. The lowest BCUT2D eigenvalue weighted by Crippen LogP contribution is -2.42. The summed E-state index contributed by atoms with van der Waals surface area (Å²) >= 11 is 5.45. The number of halogens is 1. The van der Waals surface area contributed by atoms with E-state index in [1.54, 1.807) is 6.92 Å². The minimum atomic E-state index is -0.560. The van der Waals surface area contributed by atoms with Crippen molar-refractivity contribution in [1.29, 1.82) is 0 Å². The Morgan fingerprint density at radius 1 is 1.38 bits per heavy atom. The molecule has 0 aliphatic carbocycles. The van der Waals surface area contributed by atoms with Crippen molar-refractivity contribution in [1.82, 2.24) is 5.32 Å². The van der Waals surface area contributed by atoms with Crippen molar-refractivity contribution >= 4 is 23.5 Å². The van der Waals surface area contributed by atoms with Gasteiger partial charge in [0.1, 0.15) is 6.04 Å². The van der Waals surface area contributed by atoms with Gasteiger partial charge in [-0.1, -0.05) is 13.8 Å². The molecular formula is C11H20ClNO3. The fraction of sp³-hybridized carbons (Fsp3) is 0.818. The van der Waals surface area contributed by atoms with Gasteiger partial charge in [0.05, 0.1) is 6.61 Å². The van der Waals surface area contributed by atoms with E-state index in [1.807, 2.05) is 13.8 Å². The number of carbonyl (C=O) groups excluding carboxylic acids is 2. The summed E-state index contributed by atoms with van der Waals surface area (Å²) in [6, 6.07) is -0.560. The van der Waals surface area contributed by atoms with Crippen molar-refractivity contribution in [3.8, 4) is 0 Å². The molecule has 0 saturated carbocycles. The van der Waals surface area contributed by atoms with Gasteiger partial charge in [-0.25, -0.2) is 4.79 Å². The summed E-state index contributed by atoms with van der Waals surface area (Å²) < 4.78 is 4.90. The molecule has 0 aromatic rings. The van der Waals surface area contributed by atoms with Crippen molar-refractivity contribution in [2.75, 3.05) is 12.5 Å². The van der Waals surface area contributed by atoms with E-state index in [2.05, 4.69) is 5.32 Å². The minimum Gasteiger partial charge on any atom is -0.464 e. The van der Waals surface area contributed by atoms with Crippen LogP contribution in [0.25, 0.3) is 0 Å². The Kier molecular flexibility index (Phi) is 7.99. The summed E-state index contributed by atoms with van der Waals surface area (Å²) in [6.45, 7) is 6.03. The van der Waals surface area contributed by atoms with Crippen molar-refractivity contribution in [2.45, 2.75) is 39.7 Å². The number of carbonyl (C=O) groups is 2. The molecule has 1 unspecified atom stereocenters. The maximum Gasteiger partial charge on any atom is 0.328 e. The van der Waals surface area contributed by atoms with Crippen molar-refractivity contribution in [2.24, 2.45) is 5.92 Å². The average molecular weight is 250 g/mol. The summed E-state index contributed by atoms with van der Waals surface area (Å²) in [6.07, 6.45) is 0.794. The Morgan fingerprint density at radius 3 is 2.44 bits per heavy atom. The number of hydrogen-bond donors (Lipinski definition) is 1. The van der Waals surface area contributed by atoms with Crippen LogP contribution in [0.3, 0.4) is 0 Å². The molecule has 0 radical (unpaired) electrons. The third-order valence-electron chi connectivity index (χ3n) is 1.93. The van der Waals surface area contributed by atoms with Gasteiger partial charge in [0.2, 0.25) is 5.91 Å². The quantitative estimate of drug-likeness (QED) is 0.552. The SMILES string of the molecule is CCOC(=O)C(CC(C)C)NC(=O)CCCl. The summed E-state index contributed by atoms with van der Waals surface area (Å²) in [7, 11) is 0. The first kappa shape index (κ1) is 15.2. The molecule has 0 saturated heterocycles. The van der Waals surface area contributed by atoms with Gasteiger partial charge in [0.25, 0.3) is 0 Å². The van der Waals surface area contributed by atoms with Crippen molar-refractivity contribution in [3.63, 3.8) is 0 Å². The number of rotatable bonds is 7. The maximum absolute atomic E-state index is 11.5. The van der Waals surface area contributed by atoms with Crippen LogP contribution in [0, 0.1) is 5.92 Å². The largest absolute Gasteiger partial charge is 0.464 e. The van der Waals surface area contributed by atoms with Gasteiger partial charge in [-0.2, -0.15) is 0 Å². The molecule has 5 heteroatoms. The number of alkyl halides is 1. The predicted octanol–water partition coefficient (Wildman–Crippen LogP) is 1.71. The van der Waals surface area contributed by atoms with Crippen LogP contribution < -0.4 is 5.32 Å². The molecule has 0 bridgehead atoms. The molecule has 0 aromatic carbocycles. The number of esters is 1. The first-order chi connectivity index (χ1) is 7.51. The number of nitrogens with one attached hydrogen (secondary N) is 1. The van der Waals surface area contributed by atoms with E-state index in [-0.39, 0.29) is 24.2 Å². The van der Waals surface area contributed by atoms with Gasteiger partial charge in [-0.05, 0) is 19.3 Å². The third kappa shape index (κ3) is 6.67. The Bertz CT molecular complexity index is 231. The zero-order chi connectivity index (χ0) is 12.6. The molecule has 0 aliphatic rings. The lowest BCUT2D eigenvalue weighted by atomic mass is 10.0. The van der Waals surface area contributed by atoms with E-state index in [0.717, 1.165) is 0 Å². The summed E-state index contributed by atoms with van der Waals surface area (Å²) in [4.78, 5) is 22.9. The normalized spacial score (nSPS) is 12.3. The summed E-state index contributed by atoms with van der Waals surface area (Å²) in [5.41, 5.74) is 0. The number of hydrogen-bond acceptors (Lipinski definition) is 3. The molecule has 0 heterocycles. The molecule has 16 heavy (non-hydrogen) atoms. The molecule has 0 fully saturated rings. The molecule has 0 aliphatic heterocycles. The van der Waals surface area contributed by atoms with E-state index in [1.165, 1.54) is 0 Å². The zero-order valence-electron chi connectivity index (χ0n) is 10.1. The van der Waals surface area contributed by atoms with Gasteiger partial charge >= 0.3 is 5.97 Å². The smallest absolute Gasteiger partial charge is 0.328 e. The Balaban J connectivity index is 4.30. The van der Waals surface area contributed by atoms with Crippen LogP contribution >= 0.6 is 11.6 Å². The fourth-order valence-corrected chi connectivity index (χ4v) is 1.45. The lowest BCUT2D eigenvalue weighted by molar-refractivity contribution is -0.147. The zero-order valence-corrected chi connectivity index (χ0v) is 10.8. The molecule has 1 atom stereocenters. The van der Waals surface area contributed by atoms with Crippen LogP contribution in [-0.2, 0) is 14.3 Å². The Morgan fingerprint density at radius 2 is 2.00 bits per heavy atom. The minimum absolute atomic E-state index is 0.214. The summed E-state index contributed by atoms with van der Waals surface area (Å²) in [5.74, 6) is -0.0261. The second kappa shape index (κ2) is 8.39. The summed E-state index contributed by atoms with van der Waals surface area (Å²) in [5, 5.41) is 2.64. The van der Waals surface area contributed by atoms with Crippen LogP contribution in [0.15, 0.2) is 0 Å². The van der Waals surface area contributed by atoms with Gasteiger partial charge < -0.3 is 10.1 Å². The van der Waals surface area contributed by atoms with Crippen LogP contribution in [0.2, 0.25) is 0 Å². The first-order valence-electron chi connectivity index (χ1n) is 5.53. The second-order valence-electron chi connectivity index (χ2n) is 3.94. The standard InChI is InChI=1S/C11H20ClNO3/c1-4-16-11(15)9(7-8(2)3)13-10(14)5-6-12/h8-9H,4-7H2,1-3H3,(H,13,14). The van der Waals surface area contributed by atoms with E-state index in [4.69, 9.17) is 16.3 Å². The van der Waals surface area contributed by atoms with Crippen LogP contribution in [0.4, 0.5) is 0 Å². The number of amides is 1. The fourth-order valence-electron chi connectivity index (χ4n) is 1.28. The van der Waals surface area contributed by atoms with Gasteiger partial charge in [-0.3, -0.25) is 4.79 Å². The van der Waals surface area contributed by atoms with Gasteiger partial charge in [0.15, 0.2) is 0 Å². The van der Waals surface area contributed by atoms with Crippen LogP contribution in [-0.4, -0.2) is 30.4 Å². The molecule has 94 valence electrons. The van der Waals surface area contributed by atoms with E-state index < -0.39 is 6.04 Å². The lowest BCUT2D eigenvalue weighted by Gasteiger charge is -2.18. The highest BCUT2D eigenvalue weighted by atomic mass is 35.5. The molecule has 1 N–H and O–H groups in total. The highest BCUT2D eigenvalue weighted by molar-refractivity contribution is 6.18. The maximum atomic E-state index is 11.5. The van der Waals surface area contributed by atoms with Gasteiger partial charge in [-0.15, -0.1) is 11.6 Å². The molecule has 0 rings (SSSR count). The average Bonchev–Trinajstić information content (AvgIpc) is 2.16. The van der Waals surface area contributed by atoms with Crippen LogP contribution in [0.1, 0.15) is 33.6 Å². The Hall–Kier alpha value is -0.770. The molecular weight excluding hydrogens is 230 g/mol. The van der Waals surface area contributed by atoms with E-state index in [9.17, 15) is 9.59 Å². The first-order valence-corrected chi connectivity index (χ1v) is 6.06. The third-order valence-corrected chi connectivity index (χ3v) is 2.12.